The summed E-state index contributed by atoms with van der Waals surface area (Å²) in [5.41, 5.74) is 5.78. The van der Waals surface area contributed by atoms with E-state index in [1.165, 1.54) is 0 Å². The third-order valence-electron chi connectivity index (χ3n) is 3.57. The first-order chi connectivity index (χ1) is 8.13. The molecule has 4 nitrogen and oxygen atoms in total. The first-order valence-electron chi connectivity index (χ1n) is 6.21. The standard InChI is InChI=1S/C13H20N2O2/c1-9-4-3-7-15(11(9)8-14)13(16)12-6-5-10(2)17-12/h5-6,9,11H,3-4,7-8,14H2,1-2H3. The monoisotopic (exact) mass is 236 g/mol. The molecule has 94 valence electrons. The predicted molar refractivity (Wildman–Crippen MR) is 65.7 cm³/mol. The minimum absolute atomic E-state index is 0.0277. The highest BCUT2D eigenvalue weighted by atomic mass is 16.3. The van der Waals surface area contributed by atoms with E-state index in [4.69, 9.17) is 10.2 Å². The molecule has 1 amide bonds. The second-order valence-corrected chi connectivity index (χ2v) is 4.83. The van der Waals surface area contributed by atoms with Crippen LogP contribution in [0.15, 0.2) is 16.5 Å². The lowest BCUT2D eigenvalue weighted by atomic mass is 9.90. The fourth-order valence-corrected chi connectivity index (χ4v) is 2.55. The van der Waals surface area contributed by atoms with Crippen LogP contribution in [0.2, 0.25) is 0 Å². The van der Waals surface area contributed by atoms with Crippen LogP contribution in [-0.4, -0.2) is 29.9 Å². The summed E-state index contributed by atoms with van der Waals surface area (Å²) in [4.78, 5) is 14.2. The van der Waals surface area contributed by atoms with Crippen LogP contribution in [0.3, 0.4) is 0 Å². The Morgan fingerprint density at radius 1 is 1.59 bits per heavy atom. The van der Waals surface area contributed by atoms with E-state index in [1.54, 1.807) is 6.07 Å². The van der Waals surface area contributed by atoms with E-state index in [1.807, 2.05) is 17.9 Å². The molecule has 1 saturated heterocycles. The normalized spacial score (nSPS) is 25.0. The maximum atomic E-state index is 12.3. The molecule has 0 aliphatic carbocycles. The van der Waals surface area contributed by atoms with E-state index in [0.717, 1.165) is 25.1 Å². The summed E-state index contributed by atoms with van der Waals surface area (Å²) in [6.45, 7) is 5.30. The van der Waals surface area contributed by atoms with E-state index in [9.17, 15) is 4.79 Å². The highest BCUT2D eigenvalue weighted by Gasteiger charge is 2.32. The molecule has 1 aliphatic rings. The third kappa shape index (κ3) is 2.36. The minimum atomic E-state index is -0.0277. The molecule has 2 rings (SSSR count). The van der Waals surface area contributed by atoms with E-state index in [0.29, 0.717) is 18.2 Å². The molecule has 0 radical (unpaired) electrons. The molecule has 17 heavy (non-hydrogen) atoms. The van der Waals surface area contributed by atoms with Gasteiger partial charge in [-0.1, -0.05) is 6.92 Å². The van der Waals surface area contributed by atoms with Gasteiger partial charge in [0.1, 0.15) is 5.76 Å². The van der Waals surface area contributed by atoms with E-state index in [2.05, 4.69) is 6.92 Å². The molecule has 1 aromatic rings. The first-order valence-corrected chi connectivity index (χ1v) is 6.21. The average molecular weight is 236 g/mol. The van der Waals surface area contributed by atoms with Gasteiger partial charge in [-0.25, -0.2) is 0 Å². The summed E-state index contributed by atoms with van der Waals surface area (Å²) in [5, 5.41) is 0. The van der Waals surface area contributed by atoms with Gasteiger partial charge >= 0.3 is 0 Å². The van der Waals surface area contributed by atoms with Crippen LogP contribution in [0.25, 0.3) is 0 Å². The highest BCUT2D eigenvalue weighted by molar-refractivity contribution is 5.91. The Balaban J connectivity index is 2.17. The summed E-state index contributed by atoms with van der Waals surface area (Å²) < 4.78 is 5.39. The van der Waals surface area contributed by atoms with Crippen molar-refractivity contribution in [1.82, 2.24) is 4.90 Å². The van der Waals surface area contributed by atoms with Crippen molar-refractivity contribution in [3.8, 4) is 0 Å². The van der Waals surface area contributed by atoms with E-state index >= 15 is 0 Å². The molecule has 2 unspecified atom stereocenters. The summed E-state index contributed by atoms with van der Waals surface area (Å²) >= 11 is 0. The Hall–Kier alpha value is -1.29. The van der Waals surface area contributed by atoms with Crippen LogP contribution in [0.5, 0.6) is 0 Å². The van der Waals surface area contributed by atoms with Crippen LogP contribution >= 0.6 is 0 Å². The van der Waals surface area contributed by atoms with Gasteiger partial charge in [0, 0.05) is 19.1 Å². The molecule has 0 saturated carbocycles. The van der Waals surface area contributed by atoms with Crippen molar-refractivity contribution in [2.24, 2.45) is 11.7 Å². The highest BCUT2D eigenvalue weighted by Crippen LogP contribution is 2.24. The molecule has 0 aromatic carbocycles. The van der Waals surface area contributed by atoms with Crippen molar-refractivity contribution in [3.63, 3.8) is 0 Å². The minimum Gasteiger partial charge on any atom is -0.456 e. The molecule has 1 fully saturated rings. The average Bonchev–Trinajstić information content (AvgIpc) is 2.74. The molecular formula is C13H20N2O2. The van der Waals surface area contributed by atoms with Gasteiger partial charge in [0.25, 0.3) is 5.91 Å². The fraction of sp³-hybridized carbons (Fsp3) is 0.615. The molecule has 0 bridgehead atoms. The zero-order valence-electron chi connectivity index (χ0n) is 10.5. The number of furan rings is 1. The van der Waals surface area contributed by atoms with E-state index < -0.39 is 0 Å². The molecule has 2 atom stereocenters. The smallest absolute Gasteiger partial charge is 0.289 e. The quantitative estimate of drug-likeness (QED) is 0.851. The Labute approximate surface area is 102 Å². The van der Waals surface area contributed by atoms with Crippen LogP contribution < -0.4 is 5.73 Å². The van der Waals surface area contributed by atoms with Crippen LogP contribution in [0, 0.1) is 12.8 Å². The Morgan fingerprint density at radius 2 is 2.35 bits per heavy atom. The number of likely N-dealkylation sites (tertiary alicyclic amines) is 1. The third-order valence-corrected chi connectivity index (χ3v) is 3.57. The van der Waals surface area contributed by atoms with Crippen molar-refractivity contribution in [2.75, 3.05) is 13.1 Å². The number of aryl methyl sites for hydroxylation is 1. The maximum Gasteiger partial charge on any atom is 0.289 e. The van der Waals surface area contributed by atoms with Crippen molar-refractivity contribution in [2.45, 2.75) is 32.7 Å². The molecule has 1 aliphatic heterocycles. The van der Waals surface area contributed by atoms with Crippen LogP contribution in [-0.2, 0) is 0 Å². The number of piperidine rings is 1. The SMILES string of the molecule is Cc1ccc(C(=O)N2CCCC(C)C2CN)o1. The van der Waals surface area contributed by atoms with Crippen molar-refractivity contribution < 1.29 is 9.21 Å². The van der Waals surface area contributed by atoms with Gasteiger partial charge in [-0.2, -0.15) is 0 Å². The zero-order valence-corrected chi connectivity index (χ0v) is 10.5. The van der Waals surface area contributed by atoms with Gasteiger partial charge in [0.2, 0.25) is 0 Å². The molecule has 2 N–H and O–H groups in total. The second kappa shape index (κ2) is 4.92. The number of nitrogens with two attached hydrogens (primary N) is 1. The number of carbonyl (C=O) groups excluding carboxylic acids is 1. The second-order valence-electron chi connectivity index (χ2n) is 4.83. The Bertz CT molecular complexity index is 400. The molecule has 0 spiro atoms. The van der Waals surface area contributed by atoms with Crippen molar-refractivity contribution in [3.05, 3.63) is 23.7 Å². The maximum absolute atomic E-state index is 12.3. The lowest BCUT2D eigenvalue weighted by Crippen LogP contribution is -2.51. The van der Waals surface area contributed by atoms with Gasteiger partial charge in [-0.3, -0.25) is 4.79 Å². The number of carbonyl (C=O) groups is 1. The summed E-state index contributed by atoms with van der Waals surface area (Å²) in [6.07, 6.45) is 2.19. The summed E-state index contributed by atoms with van der Waals surface area (Å²) in [6, 6.07) is 3.70. The zero-order chi connectivity index (χ0) is 12.4. The fourth-order valence-electron chi connectivity index (χ4n) is 2.55. The molecular weight excluding hydrogens is 216 g/mol. The van der Waals surface area contributed by atoms with Gasteiger partial charge in [-0.15, -0.1) is 0 Å². The number of hydrogen-bond donors (Lipinski definition) is 1. The van der Waals surface area contributed by atoms with Crippen LogP contribution in [0.1, 0.15) is 36.1 Å². The number of rotatable bonds is 2. The number of nitrogens with zero attached hydrogens (tertiary/aromatic N) is 1. The molecule has 2 heterocycles. The Morgan fingerprint density at radius 3 is 2.94 bits per heavy atom. The van der Waals surface area contributed by atoms with Gasteiger partial charge < -0.3 is 15.1 Å². The van der Waals surface area contributed by atoms with Gasteiger partial charge in [0.15, 0.2) is 5.76 Å². The van der Waals surface area contributed by atoms with Gasteiger partial charge in [0.05, 0.1) is 0 Å². The lowest BCUT2D eigenvalue weighted by molar-refractivity contribution is 0.0500. The first kappa shape index (κ1) is 12.2. The van der Waals surface area contributed by atoms with Crippen molar-refractivity contribution >= 4 is 5.91 Å². The topological polar surface area (TPSA) is 59.5 Å². The molecule has 1 aromatic heterocycles. The predicted octanol–water partition coefficient (Wildman–Crippen LogP) is 1.79. The van der Waals surface area contributed by atoms with E-state index in [-0.39, 0.29) is 11.9 Å². The van der Waals surface area contributed by atoms with Gasteiger partial charge in [-0.05, 0) is 37.8 Å². The summed E-state index contributed by atoms with van der Waals surface area (Å²) in [7, 11) is 0. The van der Waals surface area contributed by atoms with Crippen molar-refractivity contribution in [1.29, 1.82) is 0 Å². The molecule has 4 heteroatoms. The lowest BCUT2D eigenvalue weighted by Gasteiger charge is -2.38. The van der Waals surface area contributed by atoms with Crippen LogP contribution in [0.4, 0.5) is 0 Å². The Kier molecular flexibility index (Phi) is 3.52. The number of amides is 1. The largest absolute Gasteiger partial charge is 0.456 e. The summed E-state index contributed by atoms with van der Waals surface area (Å²) in [5.74, 6) is 1.63. The number of hydrogen-bond acceptors (Lipinski definition) is 3.